The van der Waals surface area contributed by atoms with E-state index < -0.39 is 11.7 Å². The van der Waals surface area contributed by atoms with E-state index >= 15 is 0 Å². The zero-order valence-corrected chi connectivity index (χ0v) is 24.8. The van der Waals surface area contributed by atoms with Gasteiger partial charge in [-0.2, -0.15) is 13.2 Å². The van der Waals surface area contributed by atoms with Crippen LogP contribution in [-0.2, 0) is 12.6 Å². The molecule has 2 aliphatic rings. The van der Waals surface area contributed by atoms with Crippen LogP contribution in [0.3, 0.4) is 0 Å². The number of nitrogens with zero attached hydrogens (tertiary/aromatic N) is 5. The Morgan fingerprint density at radius 1 is 1.05 bits per heavy atom. The van der Waals surface area contributed by atoms with Gasteiger partial charge < -0.3 is 14.7 Å². The Balaban J connectivity index is 1.06. The highest BCUT2D eigenvalue weighted by Gasteiger charge is 2.35. The minimum absolute atomic E-state index is 0.0126. The van der Waals surface area contributed by atoms with Gasteiger partial charge >= 0.3 is 12.2 Å². The Kier molecular flexibility index (Phi) is 8.28. The number of likely N-dealkylation sites (N-methyl/N-ethyl adjacent to an activating group) is 1. The summed E-state index contributed by atoms with van der Waals surface area (Å²) in [6.07, 6.45) is 0.865. The lowest BCUT2D eigenvalue weighted by atomic mass is 10.1. The number of alkyl halides is 3. The minimum Gasteiger partial charge on any atom is -0.323 e. The molecule has 2 amide bonds. The highest BCUT2D eigenvalue weighted by molar-refractivity contribution is 7.22. The second kappa shape index (κ2) is 12.1. The molecule has 0 unspecified atom stereocenters. The largest absolute Gasteiger partial charge is 0.416 e. The number of likely N-dealkylation sites (tertiary alicyclic amines) is 2. The molecule has 2 fully saturated rings. The van der Waals surface area contributed by atoms with Crippen molar-refractivity contribution >= 4 is 27.6 Å². The lowest BCUT2D eigenvalue weighted by Gasteiger charge is -2.29. The third kappa shape index (κ3) is 6.33. The molecule has 2 aliphatic heterocycles. The van der Waals surface area contributed by atoms with Crippen molar-refractivity contribution in [1.82, 2.24) is 24.3 Å². The van der Waals surface area contributed by atoms with Crippen molar-refractivity contribution in [3.8, 4) is 10.4 Å². The van der Waals surface area contributed by atoms with Crippen LogP contribution in [0.5, 0.6) is 0 Å². The van der Waals surface area contributed by atoms with Crippen LogP contribution in [-0.4, -0.2) is 76.1 Å². The lowest BCUT2D eigenvalue weighted by molar-refractivity contribution is -0.137. The Labute approximate surface area is 252 Å². The van der Waals surface area contributed by atoms with E-state index in [0.29, 0.717) is 40.2 Å². The number of urea groups is 1. The normalized spacial score (nSPS) is 19.4. The Morgan fingerprint density at radius 2 is 1.81 bits per heavy atom. The van der Waals surface area contributed by atoms with Gasteiger partial charge in [0.1, 0.15) is 4.70 Å². The summed E-state index contributed by atoms with van der Waals surface area (Å²) >= 11 is 1.23. The summed E-state index contributed by atoms with van der Waals surface area (Å²) in [4.78, 5) is 38.1. The summed E-state index contributed by atoms with van der Waals surface area (Å²) in [5.74, 6) is 0. The number of fused-ring (bicyclic) bond motifs is 1. The molecule has 0 bridgehead atoms. The highest BCUT2D eigenvalue weighted by Crippen LogP contribution is 2.35. The molecule has 0 saturated carbocycles. The molecule has 0 N–H and O–H groups in total. The van der Waals surface area contributed by atoms with Crippen LogP contribution >= 0.6 is 11.3 Å². The molecule has 4 aromatic rings. The van der Waals surface area contributed by atoms with Gasteiger partial charge in [0.05, 0.1) is 23.4 Å². The third-order valence-corrected chi connectivity index (χ3v) is 9.83. The van der Waals surface area contributed by atoms with Gasteiger partial charge in [-0.25, -0.2) is 9.78 Å². The zero-order chi connectivity index (χ0) is 30.1. The topological polar surface area (TPSA) is 61.7 Å². The molecule has 43 heavy (non-hydrogen) atoms. The number of halogens is 3. The molecule has 226 valence electrons. The van der Waals surface area contributed by atoms with E-state index in [0.717, 1.165) is 51.0 Å². The van der Waals surface area contributed by atoms with E-state index in [1.165, 1.54) is 35.4 Å². The van der Waals surface area contributed by atoms with Gasteiger partial charge in [-0.05, 0) is 61.6 Å². The Morgan fingerprint density at radius 3 is 2.56 bits per heavy atom. The molecular weight excluding hydrogens is 575 g/mol. The SMILES string of the molecule is CN(C(=O)N1CC[C@H](n2cnc3cc(-c4ccc(C(F)(F)F)cc4)sc3c2=O)C1)[C@H]1CCN(CCCc2ccccc2)C1. The second-order valence-corrected chi connectivity index (χ2v) is 12.5. The first-order valence-electron chi connectivity index (χ1n) is 14.6. The molecule has 11 heteroatoms. The van der Waals surface area contributed by atoms with E-state index in [1.807, 2.05) is 22.9 Å². The van der Waals surface area contributed by atoms with Crippen LogP contribution in [0.4, 0.5) is 18.0 Å². The average molecular weight is 610 g/mol. The van der Waals surface area contributed by atoms with E-state index in [-0.39, 0.29) is 23.7 Å². The van der Waals surface area contributed by atoms with Gasteiger partial charge in [0, 0.05) is 44.1 Å². The zero-order valence-electron chi connectivity index (χ0n) is 24.0. The summed E-state index contributed by atoms with van der Waals surface area (Å²) in [5.41, 5.74) is 1.56. The highest BCUT2D eigenvalue weighted by atomic mass is 32.1. The van der Waals surface area contributed by atoms with Gasteiger partial charge in [-0.3, -0.25) is 9.36 Å². The molecule has 2 aromatic carbocycles. The van der Waals surface area contributed by atoms with Gasteiger partial charge in [0.15, 0.2) is 0 Å². The third-order valence-electron chi connectivity index (χ3n) is 8.67. The number of aryl methyl sites for hydroxylation is 1. The Hall–Kier alpha value is -3.70. The van der Waals surface area contributed by atoms with Crippen molar-refractivity contribution in [3.05, 3.63) is 88.5 Å². The average Bonchev–Trinajstić information content (AvgIpc) is 3.77. The van der Waals surface area contributed by atoms with Crippen LogP contribution in [0.1, 0.15) is 36.4 Å². The van der Waals surface area contributed by atoms with Crippen molar-refractivity contribution in [1.29, 1.82) is 0 Å². The second-order valence-electron chi connectivity index (χ2n) is 11.5. The molecule has 0 aliphatic carbocycles. The van der Waals surface area contributed by atoms with Crippen molar-refractivity contribution in [2.45, 2.75) is 43.9 Å². The molecule has 2 atom stereocenters. The number of rotatable bonds is 7. The predicted octanol–water partition coefficient (Wildman–Crippen LogP) is 6.15. The Bertz CT molecular complexity index is 1640. The van der Waals surface area contributed by atoms with Crippen molar-refractivity contribution in [3.63, 3.8) is 0 Å². The standard InChI is InChI=1S/C32H34F3N5O2S/c1-37(25-13-16-38(19-25)15-5-8-22-6-3-2-4-7-22)31(42)39-17-14-26(20-39)40-21-36-27-18-28(43-29(27)30(40)41)23-9-11-24(12-10-23)32(33,34)35/h2-4,6-7,9-12,18,21,25-26H,5,8,13-17,19-20H2,1H3/t25-,26-/m0/s1. The smallest absolute Gasteiger partial charge is 0.323 e. The number of thiophene rings is 1. The maximum absolute atomic E-state index is 13.4. The number of carbonyl (C=O) groups excluding carboxylic acids is 1. The fourth-order valence-corrected chi connectivity index (χ4v) is 7.21. The molecule has 0 spiro atoms. The minimum atomic E-state index is -4.40. The fourth-order valence-electron chi connectivity index (χ4n) is 6.16. The van der Waals surface area contributed by atoms with Crippen LogP contribution < -0.4 is 5.56 Å². The molecule has 0 radical (unpaired) electrons. The lowest BCUT2D eigenvalue weighted by Crippen LogP contribution is -2.46. The van der Waals surface area contributed by atoms with Gasteiger partial charge in [0.25, 0.3) is 5.56 Å². The van der Waals surface area contributed by atoms with Crippen molar-refractivity contribution < 1.29 is 18.0 Å². The van der Waals surface area contributed by atoms with Crippen LogP contribution in [0.15, 0.2) is 71.8 Å². The van der Waals surface area contributed by atoms with Crippen LogP contribution in [0.25, 0.3) is 20.7 Å². The molecule has 7 nitrogen and oxygen atoms in total. The van der Waals surface area contributed by atoms with Gasteiger partial charge in [-0.15, -0.1) is 11.3 Å². The van der Waals surface area contributed by atoms with Crippen molar-refractivity contribution in [2.75, 3.05) is 39.8 Å². The van der Waals surface area contributed by atoms with Crippen LogP contribution in [0, 0.1) is 0 Å². The first kappa shape index (κ1) is 29.4. The summed E-state index contributed by atoms with van der Waals surface area (Å²) in [6.45, 7) is 3.86. The predicted molar refractivity (Wildman–Crippen MR) is 162 cm³/mol. The van der Waals surface area contributed by atoms with E-state index in [1.54, 1.807) is 10.6 Å². The summed E-state index contributed by atoms with van der Waals surface area (Å²) in [7, 11) is 1.88. The summed E-state index contributed by atoms with van der Waals surface area (Å²) in [6, 6.07) is 17.1. The number of aromatic nitrogens is 2. The molecule has 6 rings (SSSR count). The quantitative estimate of drug-likeness (QED) is 0.252. The van der Waals surface area contributed by atoms with E-state index in [9.17, 15) is 22.8 Å². The van der Waals surface area contributed by atoms with Crippen LogP contribution in [0.2, 0.25) is 0 Å². The van der Waals surface area contributed by atoms with E-state index in [4.69, 9.17) is 0 Å². The number of hydrogen-bond acceptors (Lipinski definition) is 5. The van der Waals surface area contributed by atoms with Gasteiger partial charge in [0.2, 0.25) is 0 Å². The maximum atomic E-state index is 13.4. The number of hydrogen-bond donors (Lipinski definition) is 0. The molecular formula is C32H34F3N5O2S. The monoisotopic (exact) mass is 609 g/mol. The number of amides is 2. The maximum Gasteiger partial charge on any atom is 0.416 e. The summed E-state index contributed by atoms with van der Waals surface area (Å²) < 4.78 is 40.9. The molecule has 2 aromatic heterocycles. The first-order valence-corrected chi connectivity index (χ1v) is 15.5. The summed E-state index contributed by atoms with van der Waals surface area (Å²) in [5, 5.41) is 0. The fraction of sp³-hybridized carbons (Fsp3) is 0.406. The van der Waals surface area contributed by atoms with Crippen molar-refractivity contribution in [2.24, 2.45) is 0 Å². The first-order chi connectivity index (χ1) is 20.7. The van der Waals surface area contributed by atoms with E-state index in [2.05, 4.69) is 34.1 Å². The number of benzene rings is 2. The number of carbonyl (C=O) groups is 1. The molecule has 4 heterocycles. The van der Waals surface area contributed by atoms with Gasteiger partial charge in [-0.1, -0.05) is 42.5 Å². The molecule has 2 saturated heterocycles.